The van der Waals surface area contributed by atoms with Gasteiger partial charge in [-0.2, -0.15) is 8.87 Å². The Morgan fingerprint density at radius 1 is 0.603 bits per heavy atom. The molecule has 4 aromatic rings. The summed E-state index contributed by atoms with van der Waals surface area (Å²) in [5.41, 5.74) is 4.48. The van der Waals surface area contributed by atoms with Crippen molar-refractivity contribution in [2.24, 2.45) is 7.05 Å². The van der Waals surface area contributed by atoms with Gasteiger partial charge in [0.2, 0.25) is 15.5 Å². The van der Waals surface area contributed by atoms with E-state index in [4.69, 9.17) is 0 Å². The number of unbranched alkanes of at least 4 members (excludes halogenated alkanes) is 12. The summed E-state index contributed by atoms with van der Waals surface area (Å²) in [6.07, 6.45) is 23.2. The first-order chi connectivity index (χ1) is 27.8. The average molecular weight is 854 g/mol. The van der Waals surface area contributed by atoms with Crippen molar-refractivity contribution in [2.75, 3.05) is 31.1 Å². The van der Waals surface area contributed by atoms with Crippen LogP contribution in [0.5, 0.6) is 0 Å². The first-order valence-electron chi connectivity index (χ1n) is 21.8. The van der Waals surface area contributed by atoms with E-state index < -0.39 is 20.1 Å². The molecule has 0 N–H and O–H groups in total. The molecule has 0 unspecified atom stereocenters. The van der Waals surface area contributed by atoms with Gasteiger partial charge in [-0.25, -0.2) is 16.8 Å². The van der Waals surface area contributed by atoms with Gasteiger partial charge in [0.15, 0.2) is 0 Å². The predicted molar refractivity (Wildman–Crippen MR) is 245 cm³/mol. The van der Waals surface area contributed by atoms with E-state index in [2.05, 4.69) is 80.6 Å². The van der Waals surface area contributed by atoms with Gasteiger partial charge in [-0.1, -0.05) is 146 Å². The van der Waals surface area contributed by atoms with Crippen LogP contribution in [-0.4, -0.2) is 51.9 Å². The van der Waals surface area contributed by atoms with Crippen molar-refractivity contribution in [3.8, 4) is 0 Å². The molecule has 11 heteroatoms. The monoisotopic (exact) mass is 853 g/mol. The molecule has 322 valence electrons. The number of aryl methyl sites for hydroxylation is 2. The first kappa shape index (κ1) is 49.3. The average Bonchev–Trinajstić information content (AvgIpc) is 3.53. The lowest BCUT2D eigenvalue weighted by molar-refractivity contribution is -0.642. The molecule has 0 radical (unpaired) electrons. The Labute approximate surface area is 356 Å². The van der Waals surface area contributed by atoms with Gasteiger partial charge in [0.05, 0.1) is 9.79 Å². The number of hydrogen-bond acceptors (Lipinski definition) is 7. The van der Waals surface area contributed by atoms with Crippen LogP contribution in [0.3, 0.4) is 0 Å². The molecule has 0 atom stereocenters. The van der Waals surface area contributed by atoms with Gasteiger partial charge in [0.1, 0.15) is 21.9 Å². The standard InChI is InChI=1S/C40H64N3O2S2.C7H8O3S/c1-6-10-14-18-30-42(31-19-15-11-7-2)36-25-22-35(23-26-36)24-29-40-41(5)38-28-27-37(34-39(38)46-40)47(44,45)43(32-20-16-12-8-3)33-21-17-13-9-4;1-6-2-4-7(5-3-6)11(8,9)10/h22-29,34H,6-21,30-33H2,1-5H3;2-5H,1H3,(H,8,9,10)/q+1;/p-1. The van der Waals surface area contributed by atoms with Gasteiger partial charge in [-0.05, 0) is 80.6 Å². The maximum Gasteiger partial charge on any atom is 0.262 e. The van der Waals surface area contributed by atoms with Crippen molar-refractivity contribution < 1.29 is 26.0 Å². The Balaban J connectivity index is 0.000000703. The van der Waals surface area contributed by atoms with Gasteiger partial charge < -0.3 is 9.45 Å². The number of hydrogen-bond donors (Lipinski definition) is 0. The highest BCUT2D eigenvalue weighted by molar-refractivity contribution is 7.89. The minimum Gasteiger partial charge on any atom is -0.744 e. The highest BCUT2D eigenvalue weighted by atomic mass is 32.2. The molecule has 4 rings (SSSR count). The molecule has 58 heavy (non-hydrogen) atoms. The van der Waals surface area contributed by atoms with Crippen molar-refractivity contribution >= 4 is 59.5 Å². The van der Waals surface area contributed by atoms with Crippen LogP contribution in [-0.2, 0) is 27.2 Å². The molecule has 0 aliphatic carbocycles. The van der Waals surface area contributed by atoms with Crippen LogP contribution in [0.25, 0.3) is 22.4 Å². The molecule has 0 aliphatic rings. The van der Waals surface area contributed by atoms with E-state index in [1.54, 1.807) is 33.8 Å². The van der Waals surface area contributed by atoms with Gasteiger partial charge in [0.25, 0.3) is 5.01 Å². The number of rotatable bonds is 26. The maximum absolute atomic E-state index is 13.9. The van der Waals surface area contributed by atoms with E-state index in [0.29, 0.717) is 18.0 Å². The summed E-state index contributed by atoms with van der Waals surface area (Å²) >= 11 is 1.65. The Bertz CT molecular complexity index is 1980. The fraction of sp³-hybridized carbons (Fsp3) is 0.553. The Morgan fingerprint density at radius 3 is 1.57 bits per heavy atom. The lowest BCUT2D eigenvalue weighted by atomic mass is 10.1. The quantitative estimate of drug-likeness (QED) is 0.0354. The van der Waals surface area contributed by atoms with E-state index in [1.807, 2.05) is 19.1 Å². The van der Waals surface area contributed by atoms with Crippen LogP contribution in [0.2, 0.25) is 0 Å². The summed E-state index contributed by atoms with van der Waals surface area (Å²) in [5.74, 6) is 0. The number of nitrogens with zero attached hydrogens (tertiary/aromatic N) is 3. The summed E-state index contributed by atoms with van der Waals surface area (Å²) in [6, 6.07) is 20.5. The third-order valence-electron chi connectivity index (χ3n) is 10.5. The third-order valence-corrected chi connectivity index (χ3v) is 14.5. The second kappa shape index (κ2) is 26.2. The van der Waals surface area contributed by atoms with Gasteiger partial charge in [-0.15, -0.1) is 0 Å². The molecular formula is C47H71N3O5S3. The zero-order chi connectivity index (χ0) is 42.4. The number of thiazole rings is 1. The minimum atomic E-state index is -4.27. The molecule has 0 aliphatic heterocycles. The van der Waals surface area contributed by atoms with E-state index >= 15 is 0 Å². The predicted octanol–water partition coefficient (Wildman–Crippen LogP) is 11.9. The highest BCUT2D eigenvalue weighted by Gasteiger charge is 2.26. The molecule has 0 amide bonds. The third kappa shape index (κ3) is 16.5. The first-order valence-corrected chi connectivity index (χ1v) is 25.5. The van der Waals surface area contributed by atoms with E-state index in [1.165, 1.54) is 74.8 Å². The summed E-state index contributed by atoms with van der Waals surface area (Å²) < 4.78 is 63.8. The number of sulfonamides is 1. The van der Waals surface area contributed by atoms with Crippen molar-refractivity contribution in [2.45, 2.75) is 147 Å². The normalized spacial score (nSPS) is 12.1. The van der Waals surface area contributed by atoms with E-state index in [-0.39, 0.29) is 4.90 Å². The van der Waals surface area contributed by atoms with Crippen LogP contribution in [0.1, 0.15) is 147 Å². The van der Waals surface area contributed by atoms with Crippen LogP contribution >= 0.6 is 11.3 Å². The number of benzene rings is 3. The summed E-state index contributed by atoms with van der Waals surface area (Å²) in [7, 11) is -5.75. The van der Waals surface area contributed by atoms with Crippen molar-refractivity contribution in [1.82, 2.24) is 4.31 Å². The van der Waals surface area contributed by atoms with Crippen molar-refractivity contribution in [3.63, 3.8) is 0 Å². The smallest absolute Gasteiger partial charge is 0.262 e. The topological polar surface area (TPSA) is 102 Å². The second-order valence-electron chi connectivity index (χ2n) is 15.5. The Hall–Kier alpha value is -3.09. The van der Waals surface area contributed by atoms with Crippen LogP contribution in [0.15, 0.2) is 76.5 Å². The summed E-state index contributed by atoms with van der Waals surface area (Å²) in [5, 5.41) is 1.10. The number of anilines is 1. The molecule has 0 fully saturated rings. The summed E-state index contributed by atoms with van der Waals surface area (Å²) in [4.78, 5) is 2.81. The largest absolute Gasteiger partial charge is 0.744 e. The van der Waals surface area contributed by atoms with Gasteiger partial charge in [-0.3, -0.25) is 0 Å². The van der Waals surface area contributed by atoms with Crippen molar-refractivity contribution in [3.05, 3.63) is 82.9 Å². The summed E-state index contributed by atoms with van der Waals surface area (Å²) in [6.45, 7) is 14.2. The zero-order valence-electron chi connectivity index (χ0n) is 36.3. The molecule has 3 aromatic carbocycles. The number of aromatic nitrogens is 1. The van der Waals surface area contributed by atoms with Crippen LogP contribution in [0, 0.1) is 6.92 Å². The van der Waals surface area contributed by atoms with Crippen LogP contribution < -0.4 is 9.47 Å². The molecule has 0 bridgehead atoms. The Morgan fingerprint density at radius 2 is 1.09 bits per heavy atom. The number of fused-ring (bicyclic) bond motifs is 1. The van der Waals surface area contributed by atoms with Gasteiger partial charge in [0, 0.05) is 44.0 Å². The van der Waals surface area contributed by atoms with E-state index in [0.717, 1.165) is 85.2 Å². The minimum absolute atomic E-state index is 0.178. The molecule has 1 aromatic heterocycles. The fourth-order valence-corrected chi connectivity index (χ4v) is 10.1. The highest BCUT2D eigenvalue weighted by Crippen LogP contribution is 2.28. The van der Waals surface area contributed by atoms with Crippen LogP contribution in [0.4, 0.5) is 5.69 Å². The molecule has 1 heterocycles. The zero-order valence-corrected chi connectivity index (χ0v) is 38.7. The van der Waals surface area contributed by atoms with Gasteiger partial charge >= 0.3 is 0 Å². The van der Waals surface area contributed by atoms with E-state index in [9.17, 15) is 21.4 Å². The lowest BCUT2D eigenvalue weighted by Crippen LogP contribution is -2.33. The lowest BCUT2D eigenvalue weighted by Gasteiger charge is -2.25. The maximum atomic E-state index is 13.9. The SMILES string of the molecule is CCCCCCN(CCCCCC)c1ccc(C=Cc2sc3cc(S(=O)(=O)N(CCCCCC)CCCCCC)ccc3[n+]2C)cc1.Cc1ccc(S(=O)(=O)[O-])cc1. The molecule has 0 spiro atoms. The molecule has 0 saturated heterocycles. The Kier molecular flexibility index (Phi) is 22.3. The molecular weight excluding hydrogens is 783 g/mol. The van der Waals surface area contributed by atoms with Crippen molar-refractivity contribution in [1.29, 1.82) is 0 Å². The second-order valence-corrected chi connectivity index (χ2v) is 19.8. The molecule has 0 saturated carbocycles. The fourth-order valence-electron chi connectivity index (χ4n) is 6.89. The molecule has 8 nitrogen and oxygen atoms in total.